The lowest BCUT2D eigenvalue weighted by Crippen LogP contribution is -2.30. The summed E-state index contributed by atoms with van der Waals surface area (Å²) in [6, 6.07) is 7.16. The standard InChI is InChI=1S/C26H26F2N6O2/c1-15(2)33-12-23(16(3)31-33)34-24-20-8-17(5-6-21(20)30-11-22(24)32(4)25(34)35)18-7-19(10-29-9-18)26(36,13-27)14-28/h5-12,15,36H,13-14H2,1-4H3. The number of aromatic nitrogens is 6. The van der Waals surface area contributed by atoms with Gasteiger partial charge < -0.3 is 5.11 Å². The van der Waals surface area contributed by atoms with E-state index in [9.17, 15) is 18.7 Å². The fourth-order valence-electron chi connectivity index (χ4n) is 4.40. The molecule has 0 aliphatic rings. The first kappa shape index (κ1) is 23.8. The Balaban J connectivity index is 1.78. The van der Waals surface area contributed by atoms with Gasteiger partial charge in [0.1, 0.15) is 19.0 Å². The van der Waals surface area contributed by atoms with Gasteiger partial charge in [-0.25, -0.2) is 13.6 Å². The molecule has 4 heterocycles. The number of hydrogen-bond donors (Lipinski definition) is 1. The summed E-state index contributed by atoms with van der Waals surface area (Å²) in [5.41, 5.74) is 2.24. The quantitative estimate of drug-likeness (QED) is 0.385. The van der Waals surface area contributed by atoms with Crippen molar-refractivity contribution in [2.24, 2.45) is 7.05 Å². The zero-order chi connectivity index (χ0) is 25.8. The predicted molar refractivity (Wildman–Crippen MR) is 134 cm³/mol. The first-order valence-electron chi connectivity index (χ1n) is 11.5. The molecule has 0 atom stereocenters. The van der Waals surface area contributed by atoms with Crippen molar-refractivity contribution >= 4 is 21.9 Å². The van der Waals surface area contributed by atoms with Gasteiger partial charge >= 0.3 is 5.69 Å². The van der Waals surface area contributed by atoms with E-state index in [2.05, 4.69) is 15.1 Å². The van der Waals surface area contributed by atoms with Crippen LogP contribution in [0.2, 0.25) is 0 Å². The molecule has 4 aromatic heterocycles. The Morgan fingerprint density at radius 1 is 1.08 bits per heavy atom. The number of nitrogens with zero attached hydrogens (tertiary/aromatic N) is 6. The third-order valence-corrected chi connectivity index (χ3v) is 6.60. The summed E-state index contributed by atoms with van der Waals surface area (Å²) in [5.74, 6) is 0. The van der Waals surface area contributed by atoms with Gasteiger partial charge in [0.15, 0.2) is 0 Å². The zero-order valence-corrected chi connectivity index (χ0v) is 20.4. The summed E-state index contributed by atoms with van der Waals surface area (Å²) in [6.45, 7) is 3.36. The fourth-order valence-corrected chi connectivity index (χ4v) is 4.40. The van der Waals surface area contributed by atoms with Crippen molar-refractivity contribution in [2.45, 2.75) is 32.4 Å². The van der Waals surface area contributed by atoms with Crippen LogP contribution in [0.15, 0.2) is 53.8 Å². The average molecular weight is 493 g/mol. The van der Waals surface area contributed by atoms with E-state index in [-0.39, 0.29) is 17.3 Å². The van der Waals surface area contributed by atoms with Gasteiger partial charge in [-0.3, -0.25) is 23.8 Å². The average Bonchev–Trinajstić information content (AvgIpc) is 3.40. The largest absolute Gasteiger partial charge is 0.380 e. The molecule has 0 aliphatic carbocycles. The summed E-state index contributed by atoms with van der Waals surface area (Å²) in [7, 11) is 1.70. The number of halogens is 2. The minimum absolute atomic E-state index is 0.0507. The third-order valence-electron chi connectivity index (χ3n) is 6.60. The molecule has 0 unspecified atom stereocenters. The Labute approximate surface area is 205 Å². The molecular formula is C26H26F2N6O2. The van der Waals surface area contributed by atoms with E-state index in [1.54, 1.807) is 28.6 Å². The summed E-state index contributed by atoms with van der Waals surface area (Å²) in [4.78, 5) is 22.0. The summed E-state index contributed by atoms with van der Waals surface area (Å²) >= 11 is 0. The van der Waals surface area contributed by atoms with E-state index in [1.165, 1.54) is 12.3 Å². The highest BCUT2D eigenvalue weighted by molar-refractivity contribution is 6.04. The van der Waals surface area contributed by atoms with Gasteiger partial charge in [0.25, 0.3) is 0 Å². The summed E-state index contributed by atoms with van der Waals surface area (Å²) in [6.07, 6.45) is 6.35. The van der Waals surface area contributed by atoms with Crippen LogP contribution in [0.4, 0.5) is 8.78 Å². The van der Waals surface area contributed by atoms with E-state index >= 15 is 0 Å². The van der Waals surface area contributed by atoms with E-state index < -0.39 is 19.0 Å². The number of pyridine rings is 2. The van der Waals surface area contributed by atoms with Crippen molar-refractivity contribution in [3.63, 3.8) is 0 Å². The molecule has 0 fully saturated rings. The Morgan fingerprint density at radius 2 is 1.83 bits per heavy atom. The first-order valence-corrected chi connectivity index (χ1v) is 11.5. The zero-order valence-electron chi connectivity index (χ0n) is 20.4. The third kappa shape index (κ3) is 3.60. The minimum atomic E-state index is -2.25. The van der Waals surface area contributed by atoms with Gasteiger partial charge in [0.05, 0.1) is 34.1 Å². The highest BCUT2D eigenvalue weighted by atomic mass is 19.1. The lowest BCUT2D eigenvalue weighted by Gasteiger charge is -2.21. The van der Waals surface area contributed by atoms with Crippen molar-refractivity contribution in [3.8, 4) is 16.8 Å². The number of hydrogen-bond acceptors (Lipinski definition) is 5. The van der Waals surface area contributed by atoms with Crippen molar-refractivity contribution in [1.29, 1.82) is 0 Å². The van der Waals surface area contributed by atoms with Crippen LogP contribution in [0.1, 0.15) is 31.1 Å². The normalized spacial score (nSPS) is 12.3. The Kier molecular flexibility index (Phi) is 5.71. The highest BCUT2D eigenvalue weighted by Gasteiger charge is 2.30. The Bertz CT molecular complexity index is 1660. The number of imidazole rings is 1. The van der Waals surface area contributed by atoms with Gasteiger partial charge in [-0.05, 0) is 44.5 Å². The number of aryl methyl sites for hydroxylation is 2. The van der Waals surface area contributed by atoms with Crippen molar-refractivity contribution in [3.05, 3.63) is 70.8 Å². The van der Waals surface area contributed by atoms with Crippen LogP contribution < -0.4 is 5.69 Å². The second kappa shape index (κ2) is 8.63. The summed E-state index contributed by atoms with van der Waals surface area (Å²) in [5, 5.41) is 15.6. The van der Waals surface area contributed by atoms with E-state index in [0.29, 0.717) is 39.1 Å². The molecule has 10 heteroatoms. The van der Waals surface area contributed by atoms with Gasteiger partial charge in [0, 0.05) is 48.2 Å². The Morgan fingerprint density at radius 3 is 2.50 bits per heavy atom. The molecule has 0 aliphatic heterocycles. The predicted octanol–water partition coefficient (Wildman–Crippen LogP) is 4.15. The molecule has 0 amide bonds. The van der Waals surface area contributed by atoms with Gasteiger partial charge in [-0.15, -0.1) is 0 Å². The maximum atomic E-state index is 13.4. The molecule has 1 aromatic carbocycles. The molecule has 5 aromatic rings. The topological polar surface area (TPSA) is 90.8 Å². The SMILES string of the molecule is Cc1nn(C(C)C)cc1-n1c(=O)n(C)c2cnc3ccc(-c4cncc(C(O)(CF)CF)c4)cc3c21. The van der Waals surface area contributed by atoms with Crippen LogP contribution in [0.25, 0.3) is 38.8 Å². The van der Waals surface area contributed by atoms with Gasteiger partial charge in [0.2, 0.25) is 0 Å². The van der Waals surface area contributed by atoms with Crippen LogP contribution in [-0.2, 0) is 12.6 Å². The number of aliphatic hydroxyl groups is 1. The van der Waals surface area contributed by atoms with Crippen molar-refractivity contribution in [1.82, 2.24) is 28.9 Å². The van der Waals surface area contributed by atoms with Crippen LogP contribution in [0.3, 0.4) is 0 Å². The maximum absolute atomic E-state index is 13.4. The van der Waals surface area contributed by atoms with E-state index in [1.807, 2.05) is 49.8 Å². The lowest BCUT2D eigenvalue weighted by molar-refractivity contribution is -0.0113. The molecule has 5 rings (SSSR count). The number of alkyl halides is 2. The highest BCUT2D eigenvalue weighted by Crippen LogP contribution is 2.32. The second-order valence-corrected chi connectivity index (χ2v) is 9.34. The minimum Gasteiger partial charge on any atom is -0.380 e. The van der Waals surface area contributed by atoms with Gasteiger partial charge in [-0.1, -0.05) is 6.07 Å². The molecule has 186 valence electrons. The maximum Gasteiger partial charge on any atom is 0.333 e. The van der Waals surface area contributed by atoms with Crippen LogP contribution in [0, 0.1) is 6.92 Å². The smallest absolute Gasteiger partial charge is 0.333 e. The molecule has 0 saturated carbocycles. The first-order chi connectivity index (χ1) is 17.2. The molecule has 0 saturated heterocycles. The molecule has 0 spiro atoms. The van der Waals surface area contributed by atoms with Gasteiger partial charge in [-0.2, -0.15) is 5.10 Å². The number of rotatable bonds is 6. The monoisotopic (exact) mass is 492 g/mol. The second-order valence-electron chi connectivity index (χ2n) is 9.34. The fraction of sp³-hybridized carbons (Fsp3) is 0.308. The molecule has 8 nitrogen and oxygen atoms in total. The summed E-state index contributed by atoms with van der Waals surface area (Å²) < 4.78 is 31.8. The molecule has 36 heavy (non-hydrogen) atoms. The molecular weight excluding hydrogens is 466 g/mol. The number of fused-ring (bicyclic) bond motifs is 3. The molecule has 0 bridgehead atoms. The van der Waals surface area contributed by atoms with Crippen molar-refractivity contribution in [2.75, 3.05) is 13.3 Å². The van der Waals surface area contributed by atoms with E-state index in [4.69, 9.17) is 0 Å². The van der Waals surface area contributed by atoms with E-state index in [0.717, 1.165) is 5.39 Å². The van der Waals surface area contributed by atoms with Crippen LogP contribution in [0.5, 0.6) is 0 Å². The van der Waals surface area contributed by atoms with Crippen LogP contribution >= 0.6 is 0 Å². The molecule has 0 radical (unpaired) electrons. The number of benzene rings is 1. The lowest BCUT2D eigenvalue weighted by atomic mass is 9.95. The van der Waals surface area contributed by atoms with Crippen LogP contribution in [-0.4, -0.2) is 47.3 Å². The Hall–Kier alpha value is -3.92. The molecule has 1 N–H and O–H groups in total. The van der Waals surface area contributed by atoms with Crippen molar-refractivity contribution < 1.29 is 13.9 Å².